The molecule has 4 aromatic carbocycles. The van der Waals surface area contributed by atoms with E-state index in [2.05, 4.69) is 106 Å². The first-order chi connectivity index (χ1) is 15.3. The Hall–Kier alpha value is -3.19. The molecule has 1 heterocycles. The summed E-state index contributed by atoms with van der Waals surface area (Å²) in [6.45, 7) is 9.27. The monoisotopic (exact) mass is 416 g/mol. The molecule has 0 spiro atoms. The summed E-state index contributed by atoms with van der Waals surface area (Å²) < 4.78 is 2.29. The van der Waals surface area contributed by atoms with Crippen molar-refractivity contribution in [3.05, 3.63) is 89.1 Å². The summed E-state index contributed by atoms with van der Waals surface area (Å²) >= 11 is 0. The van der Waals surface area contributed by atoms with Crippen LogP contribution in [-0.4, -0.2) is 0 Å². The number of aryl methyl sites for hydroxylation is 1. The van der Waals surface area contributed by atoms with Crippen LogP contribution >= 0.6 is 0 Å². The van der Waals surface area contributed by atoms with Crippen molar-refractivity contribution in [2.24, 2.45) is 12.5 Å². The second-order valence-electron chi connectivity index (χ2n) is 10.8. The van der Waals surface area contributed by atoms with Crippen molar-refractivity contribution in [1.82, 2.24) is 0 Å². The minimum absolute atomic E-state index is 0.271. The molecule has 32 heavy (non-hydrogen) atoms. The molecule has 0 radical (unpaired) electrons. The lowest BCUT2D eigenvalue weighted by Crippen LogP contribution is -2.31. The third-order valence-corrected chi connectivity index (χ3v) is 7.22. The highest BCUT2D eigenvalue weighted by atomic mass is 14.9. The first kappa shape index (κ1) is 19.5. The standard InChI is InChI=1S/C31H30N/c1-19-25(28-15-20(13-14-32(28)5)18-31(2,3)4)17-27-23-11-7-6-10-22(23)24-12-8-9-21-16-26(19)30(27)29(21)24/h6-15,17H,16,18H2,1-5H3/q+1. The second-order valence-corrected chi connectivity index (χ2v) is 10.8. The first-order valence-corrected chi connectivity index (χ1v) is 11.7. The van der Waals surface area contributed by atoms with Crippen molar-refractivity contribution in [3.63, 3.8) is 0 Å². The maximum absolute atomic E-state index is 2.47. The van der Waals surface area contributed by atoms with Crippen LogP contribution in [0.5, 0.6) is 0 Å². The molecule has 1 aliphatic rings. The molecule has 0 unspecified atom stereocenters. The number of pyridine rings is 1. The highest BCUT2D eigenvalue weighted by Gasteiger charge is 2.26. The van der Waals surface area contributed by atoms with E-state index in [-0.39, 0.29) is 5.41 Å². The van der Waals surface area contributed by atoms with Crippen LogP contribution in [0.25, 0.3) is 43.6 Å². The van der Waals surface area contributed by atoms with Crippen molar-refractivity contribution >= 4 is 32.3 Å². The van der Waals surface area contributed by atoms with Gasteiger partial charge in [-0.3, -0.25) is 0 Å². The number of hydrogen-bond acceptors (Lipinski definition) is 0. The van der Waals surface area contributed by atoms with E-state index >= 15 is 0 Å². The van der Waals surface area contributed by atoms with E-state index in [0.717, 1.165) is 12.8 Å². The van der Waals surface area contributed by atoms with Crippen LogP contribution < -0.4 is 4.57 Å². The van der Waals surface area contributed by atoms with Crippen molar-refractivity contribution in [1.29, 1.82) is 0 Å². The van der Waals surface area contributed by atoms with Gasteiger partial charge < -0.3 is 0 Å². The third kappa shape index (κ3) is 2.80. The summed E-state index contributed by atoms with van der Waals surface area (Å²) in [6, 6.07) is 22.9. The molecule has 0 atom stereocenters. The highest BCUT2D eigenvalue weighted by molar-refractivity contribution is 6.29. The Balaban J connectivity index is 1.71. The fourth-order valence-corrected chi connectivity index (χ4v) is 5.84. The number of aromatic nitrogens is 1. The smallest absolute Gasteiger partial charge is 0.201 e. The molecular weight excluding hydrogens is 386 g/mol. The number of rotatable bonds is 2. The average molecular weight is 417 g/mol. The van der Waals surface area contributed by atoms with Crippen molar-refractivity contribution in [2.45, 2.75) is 40.5 Å². The van der Waals surface area contributed by atoms with Gasteiger partial charge in [0.1, 0.15) is 7.05 Å². The lowest BCUT2D eigenvalue weighted by Gasteiger charge is -2.18. The number of benzene rings is 4. The molecule has 1 heteroatoms. The maximum atomic E-state index is 2.47. The lowest BCUT2D eigenvalue weighted by molar-refractivity contribution is -0.660. The maximum Gasteiger partial charge on any atom is 0.212 e. The van der Waals surface area contributed by atoms with Gasteiger partial charge in [-0.25, -0.2) is 4.57 Å². The molecule has 1 aliphatic carbocycles. The van der Waals surface area contributed by atoms with E-state index in [1.54, 1.807) is 0 Å². The molecule has 0 bridgehead atoms. The predicted octanol–water partition coefficient (Wildman–Crippen LogP) is 7.44. The Morgan fingerprint density at radius 3 is 2.28 bits per heavy atom. The largest absolute Gasteiger partial charge is 0.212 e. The van der Waals surface area contributed by atoms with Crippen molar-refractivity contribution < 1.29 is 4.57 Å². The molecule has 1 aromatic heterocycles. The Labute approximate surface area is 190 Å². The van der Waals surface area contributed by atoms with Gasteiger partial charge in [0, 0.05) is 17.7 Å². The molecule has 1 nitrogen and oxygen atoms in total. The minimum Gasteiger partial charge on any atom is -0.201 e. The molecule has 0 saturated carbocycles. The summed E-state index contributed by atoms with van der Waals surface area (Å²) in [5.74, 6) is 0. The quantitative estimate of drug-likeness (QED) is 0.204. The van der Waals surface area contributed by atoms with Gasteiger partial charge >= 0.3 is 0 Å². The van der Waals surface area contributed by atoms with E-state index in [1.165, 1.54) is 65.8 Å². The van der Waals surface area contributed by atoms with Crippen LogP contribution in [0.3, 0.4) is 0 Å². The van der Waals surface area contributed by atoms with Gasteiger partial charge in [0.15, 0.2) is 6.20 Å². The SMILES string of the molecule is Cc1c(-c2cc(CC(C)(C)C)cc[n+]2C)cc2c3ccccc3c3cccc4c3c2c1C4. The Morgan fingerprint density at radius 2 is 1.53 bits per heavy atom. The van der Waals surface area contributed by atoms with Gasteiger partial charge in [0.25, 0.3) is 0 Å². The van der Waals surface area contributed by atoms with Gasteiger partial charge in [0.05, 0.1) is 0 Å². The zero-order valence-corrected chi connectivity index (χ0v) is 19.7. The van der Waals surface area contributed by atoms with Crippen LogP contribution in [0.2, 0.25) is 0 Å². The number of hydrogen-bond donors (Lipinski definition) is 0. The summed E-state index contributed by atoms with van der Waals surface area (Å²) in [7, 11) is 2.18. The van der Waals surface area contributed by atoms with E-state index in [4.69, 9.17) is 0 Å². The van der Waals surface area contributed by atoms with E-state index in [0.29, 0.717) is 0 Å². The average Bonchev–Trinajstić information content (AvgIpc) is 3.15. The summed E-state index contributed by atoms with van der Waals surface area (Å²) in [6.07, 6.45) is 4.34. The Morgan fingerprint density at radius 1 is 0.812 bits per heavy atom. The van der Waals surface area contributed by atoms with Crippen LogP contribution in [0.4, 0.5) is 0 Å². The Kier molecular flexibility index (Phi) is 4.05. The molecule has 158 valence electrons. The lowest BCUT2D eigenvalue weighted by atomic mass is 9.87. The van der Waals surface area contributed by atoms with Gasteiger partial charge in [0.2, 0.25) is 5.69 Å². The molecule has 0 saturated heterocycles. The van der Waals surface area contributed by atoms with E-state index in [9.17, 15) is 0 Å². The van der Waals surface area contributed by atoms with Crippen LogP contribution in [0, 0.1) is 12.3 Å². The predicted molar refractivity (Wildman–Crippen MR) is 136 cm³/mol. The van der Waals surface area contributed by atoms with Crippen molar-refractivity contribution in [2.75, 3.05) is 0 Å². The first-order valence-electron chi connectivity index (χ1n) is 11.7. The number of fused-ring (bicyclic) bond motifs is 3. The fraction of sp³-hybridized carbons (Fsp3) is 0.258. The van der Waals surface area contributed by atoms with E-state index in [1.807, 2.05) is 0 Å². The zero-order chi connectivity index (χ0) is 22.2. The summed E-state index contributed by atoms with van der Waals surface area (Å²) in [5.41, 5.74) is 8.76. The van der Waals surface area contributed by atoms with Gasteiger partial charge in [-0.2, -0.15) is 0 Å². The van der Waals surface area contributed by atoms with Gasteiger partial charge in [-0.05, 0) is 85.8 Å². The fourth-order valence-electron chi connectivity index (χ4n) is 5.84. The molecule has 0 fully saturated rings. The zero-order valence-electron chi connectivity index (χ0n) is 19.7. The highest BCUT2D eigenvalue weighted by Crippen LogP contribution is 2.46. The second kappa shape index (κ2) is 6.65. The molecule has 0 aliphatic heterocycles. The van der Waals surface area contributed by atoms with Gasteiger partial charge in [-0.1, -0.05) is 63.2 Å². The van der Waals surface area contributed by atoms with E-state index < -0.39 is 0 Å². The van der Waals surface area contributed by atoms with Gasteiger partial charge in [-0.15, -0.1) is 0 Å². The van der Waals surface area contributed by atoms with Crippen LogP contribution in [0.15, 0.2) is 66.9 Å². The third-order valence-electron chi connectivity index (χ3n) is 7.22. The molecular formula is C31H30N+. The Bertz CT molecular complexity index is 1560. The van der Waals surface area contributed by atoms with Crippen molar-refractivity contribution in [3.8, 4) is 11.3 Å². The molecule has 0 amide bonds. The molecule has 5 aromatic rings. The minimum atomic E-state index is 0.271. The molecule has 0 N–H and O–H groups in total. The molecule has 6 rings (SSSR count). The van der Waals surface area contributed by atoms with Crippen LogP contribution in [0.1, 0.15) is 43.0 Å². The number of nitrogens with zero attached hydrogens (tertiary/aromatic N) is 1. The summed E-state index contributed by atoms with van der Waals surface area (Å²) in [5, 5.41) is 8.47. The van der Waals surface area contributed by atoms with Crippen LogP contribution in [-0.2, 0) is 19.9 Å². The normalized spacial score (nSPS) is 13.2. The topological polar surface area (TPSA) is 3.88 Å². The summed E-state index contributed by atoms with van der Waals surface area (Å²) in [4.78, 5) is 0.